The molecule has 0 aliphatic heterocycles. The molecule has 38 valence electrons. The van der Waals surface area contributed by atoms with Gasteiger partial charge < -0.3 is 17.2 Å². The standard InChI is InChI=1S/C3H5N3S.K/c1-6-2-4-5-3(6)7;/h2H,1H3,(H,5,7);/q;+1/p-1. The van der Waals surface area contributed by atoms with Crippen molar-refractivity contribution in [2.24, 2.45) is 7.05 Å². The molecule has 0 bridgehead atoms. The first-order valence-corrected chi connectivity index (χ1v) is 2.22. The molecule has 0 saturated carbocycles. The smallest absolute Gasteiger partial charge is 0.740 e. The predicted molar refractivity (Wildman–Crippen MR) is 26.6 cm³/mol. The van der Waals surface area contributed by atoms with Gasteiger partial charge in [-0.25, -0.2) is 0 Å². The van der Waals surface area contributed by atoms with E-state index in [2.05, 4.69) is 22.8 Å². The van der Waals surface area contributed by atoms with Crippen LogP contribution in [0.25, 0.3) is 0 Å². The summed E-state index contributed by atoms with van der Waals surface area (Å²) in [4.78, 5) is 0. The van der Waals surface area contributed by atoms with E-state index in [1.165, 1.54) is 0 Å². The van der Waals surface area contributed by atoms with Crippen molar-refractivity contribution in [2.45, 2.75) is 5.16 Å². The Morgan fingerprint density at radius 2 is 2.38 bits per heavy atom. The summed E-state index contributed by atoms with van der Waals surface area (Å²) in [6, 6.07) is 0. The van der Waals surface area contributed by atoms with Gasteiger partial charge in [0.25, 0.3) is 0 Å². The van der Waals surface area contributed by atoms with E-state index in [0.717, 1.165) is 0 Å². The first-order valence-electron chi connectivity index (χ1n) is 1.81. The van der Waals surface area contributed by atoms with E-state index in [-0.39, 0.29) is 51.4 Å². The molecule has 0 N–H and O–H groups in total. The monoisotopic (exact) mass is 153 g/mol. The molecular formula is C3H4KN3S. The molecule has 0 saturated heterocycles. The molecule has 0 unspecified atom stereocenters. The number of aromatic nitrogens is 3. The Morgan fingerprint density at radius 1 is 1.75 bits per heavy atom. The quantitative estimate of drug-likeness (QED) is 0.289. The average molecular weight is 153 g/mol. The van der Waals surface area contributed by atoms with Gasteiger partial charge in [-0.3, -0.25) is 0 Å². The first-order chi connectivity index (χ1) is 3.30. The zero-order chi connectivity index (χ0) is 5.28. The van der Waals surface area contributed by atoms with Gasteiger partial charge in [0.2, 0.25) is 0 Å². The molecule has 3 nitrogen and oxygen atoms in total. The Bertz CT molecular complexity index is 147. The van der Waals surface area contributed by atoms with Gasteiger partial charge >= 0.3 is 51.4 Å². The van der Waals surface area contributed by atoms with Gasteiger partial charge in [0.05, 0.1) is 0 Å². The second-order valence-corrected chi connectivity index (χ2v) is 1.59. The second kappa shape index (κ2) is 3.92. The van der Waals surface area contributed by atoms with Crippen molar-refractivity contribution in [2.75, 3.05) is 0 Å². The Hall–Kier alpha value is 0.996. The van der Waals surface area contributed by atoms with Crippen LogP contribution >= 0.6 is 0 Å². The zero-order valence-corrected chi connectivity index (χ0v) is 8.77. The molecule has 0 spiro atoms. The van der Waals surface area contributed by atoms with Crippen molar-refractivity contribution < 1.29 is 51.4 Å². The molecule has 0 fully saturated rings. The molecule has 0 aromatic carbocycles. The van der Waals surface area contributed by atoms with E-state index in [9.17, 15) is 0 Å². The van der Waals surface area contributed by atoms with Gasteiger partial charge in [0, 0.05) is 12.2 Å². The molecule has 0 amide bonds. The summed E-state index contributed by atoms with van der Waals surface area (Å²) in [5, 5.41) is 7.60. The SMILES string of the molecule is Cn1cnnc1[S-].[K+]. The van der Waals surface area contributed by atoms with E-state index < -0.39 is 0 Å². The normalized spacial score (nSPS) is 8.12. The Balaban J connectivity index is 0.000000490. The maximum atomic E-state index is 4.68. The van der Waals surface area contributed by atoms with Gasteiger partial charge in [-0.15, -0.1) is 5.10 Å². The van der Waals surface area contributed by atoms with Crippen LogP contribution in [0.4, 0.5) is 0 Å². The first kappa shape index (κ1) is 9.00. The van der Waals surface area contributed by atoms with Crippen molar-refractivity contribution in [1.29, 1.82) is 0 Å². The van der Waals surface area contributed by atoms with Gasteiger partial charge in [-0.1, -0.05) is 0 Å². The maximum absolute atomic E-state index is 4.68. The van der Waals surface area contributed by atoms with E-state index in [0.29, 0.717) is 5.16 Å². The molecule has 1 aromatic rings. The fourth-order valence-corrected chi connectivity index (χ4v) is 0.367. The third-order valence-corrected chi connectivity index (χ3v) is 1.04. The van der Waals surface area contributed by atoms with Crippen molar-refractivity contribution >= 4 is 12.6 Å². The summed E-state index contributed by atoms with van der Waals surface area (Å²) < 4.78 is 1.68. The minimum Gasteiger partial charge on any atom is -0.740 e. The topological polar surface area (TPSA) is 30.7 Å². The fraction of sp³-hybridized carbons (Fsp3) is 0.333. The van der Waals surface area contributed by atoms with E-state index >= 15 is 0 Å². The Labute approximate surface area is 95.7 Å². The van der Waals surface area contributed by atoms with Gasteiger partial charge in [-0.2, -0.15) is 5.10 Å². The molecule has 1 heterocycles. The van der Waals surface area contributed by atoms with Crippen LogP contribution in [-0.4, -0.2) is 14.8 Å². The number of rotatable bonds is 0. The van der Waals surface area contributed by atoms with Crippen molar-refractivity contribution in [3.8, 4) is 0 Å². The van der Waals surface area contributed by atoms with Crippen LogP contribution in [0, 0.1) is 0 Å². The minimum absolute atomic E-state index is 0. The summed E-state index contributed by atoms with van der Waals surface area (Å²) in [6.45, 7) is 0. The van der Waals surface area contributed by atoms with Crippen LogP contribution in [0.2, 0.25) is 0 Å². The molecule has 0 aliphatic carbocycles. The van der Waals surface area contributed by atoms with Crippen LogP contribution in [0.3, 0.4) is 0 Å². The van der Waals surface area contributed by atoms with Crippen molar-refractivity contribution in [3.63, 3.8) is 0 Å². The van der Waals surface area contributed by atoms with Crippen LogP contribution in [-0.2, 0) is 19.7 Å². The molecule has 1 rings (SSSR count). The largest absolute Gasteiger partial charge is 1.00 e. The van der Waals surface area contributed by atoms with Gasteiger partial charge in [-0.05, 0) is 0 Å². The van der Waals surface area contributed by atoms with Crippen LogP contribution in [0.15, 0.2) is 11.5 Å². The maximum Gasteiger partial charge on any atom is 1.00 e. The van der Waals surface area contributed by atoms with Crippen LogP contribution < -0.4 is 51.4 Å². The average Bonchev–Trinajstić information content (AvgIpc) is 1.91. The predicted octanol–water partition coefficient (Wildman–Crippen LogP) is -3.28. The van der Waals surface area contributed by atoms with E-state index in [4.69, 9.17) is 0 Å². The molecule has 8 heavy (non-hydrogen) atoms. The van der Waals surface area contributed by atoms with Gasteiger partial charge in [0.1, 0.15) is 6.33 Å². The molecule has 5 heteroatoms. The van der Waals surface area contributed by atoms with Gasteiger partial charge in [0.15, 0.2) is 0 Å². The van der Waals surface area contributed by atoms with Crippen molar-refractivity contribution in [3.05, 3.63) is 6.33 Å². The Morgan fingerprint density at radius 3 is 2.50 bits per heavy atom. The van der Waals surface area contributed by atoms with Crippen molar-refractivity contribution in [1.82, 2.24) is 14.8 Å². The summed E-state index contributed by atoms with van der Waals surface area (Å²) in [5.41, 5.74) is 0. The summed E-state index contributed by atoms with van der Waals surface area (Å²) in [6.07, 6.45) is 1.57. The number of hydrogen-bond donors (Lipinski definition) is 0. The zero-order valence-electron chi connectivity index (χ0n) is 4.83. The second-order valence-electron chi connectivity index (χ2n) is 1.22. The third kappa shape index (κ3) is 2.08. The summed E-state index contributed by atoms with van der Waals surface area (Å²) in [5.74, 6) is 0. The summed E-state index contributed by atoms with van der Waals surface area (Å²) >= 11 is 4.68. The fourth-order valence-electron chi connectivity index (χ4n) is 0.273. The number of aryl methyl sites for hydroxylation is 1. The summed E-state index contributed by atoms with van der Waals surface area (Å²) in [7, 11) is 1.81. The molecule has 0 aliphatic rings. The minimum atomic E-state index is 0. The van der Waals surface area contributed by atoms with E-state index in [1.807, 2.05) is 7.05 Å². The van der Waals surface area contributed by atoms with Crippen LogP contribution in [0.5, 0.6) is 0 Å². The molecule has 1 aromatic heterocycles. The van der Waals surface area contributed by atoms with Crippen LogP contribution in [0.1, 0.15) is 0 Å². The molecule has 0 radical (unpaired) electrons. The van der Waals surface area contributed by atoms with E-state index in [1.54, 1.807) is 10.9 Å². The number of hydrogen-bond acceptors (Lipinski definition) is 3. The Kier molecular flexibility index (Phi) is 4.40. The third-order valence-electron chi connectivity index (χ3n) is 0.670. The number of nitrogens with zero attached hydrogens (tertiary/aromatic N) is 3. The molecule has 0 atom stereocenters. The molecular weight excluding hydrogens is 149 g/mol.